The number of carboxylic acids is 1. The summed E-state index contributed by atoms with van der Waals surface area (Å²) in [7, 11) is 0. The molecule has 0 bridgehead atoms. The molecule has 2 atom stereocenters. The average molecular weight is 365 g/mol. The highest BCUT2D eigenvalue weighted by molar-refractivity contribution is 5.90. The molecule has 1 heterocycles. The van der Waals surface area contributed by atoms with Crippen molar-refractivity contribution in [3.05, 3.63) is 77.4 Å². The lowest BCUT2D eigenvalue weighted by Gasteiger charge is -2.05. The number of fused-ring (bicyclic) bond motifs is 1. The summed E-state index contributed by atoms with van der Waals surface area (Å²) in [6.07, 6.45) is 4.53. The molecule has 3 aromatic rings. The maximum atomic E-state index is 13.8. The van der Waals surface area contributed by atoms with Gasteiger partial charge in [0.2, 0.25) is 0 Å². The Kier molecular flexibility index (Phi) is 5.04. The lowest BCUT2D eigenvalue weighted by atomic mass is 10.00. The van der Waals surface area contributed by atoms with E-state index in [0.717, 1.165) is 16.3 Å². The number of rotatable bonds is 5. The van der Waals surface area contributed by atoms with Gasteiger partial charge in [-0.1, -0.05) is 31.7 Å². The molecule has 4 nitrogen and oxygen atoms in total. The van der Waals surface area contributed by atoms with Gasteiger partial charge in [0.25, 0.3) is 0 Å². The third-order valence-corrected chi connectivity index (χ3v) is 4.94. The summed E-state index contributed by atoms with van der Waals surface area (Å²) in [5.41, 5.74) is 1.30. The van der Waals surface area contributed by atoms with Gasteiger partial charge in [0.1, 0.15) is 11.6 Å². The van der Waals surface area contributed by atoms with E-state index < -0.39 is 11.8 Å². The summed E-state index contributed by atoms with van der Waals surface area (Å²) in [6.45, 7) is 0. The lowest BCUT2D eigenvalue weighted by Crippen LogP contribution is -2.07. The van der Waals surface area contributed by atoms with Gasteiger partial charge in [-0.3, -0.25) is 9.78 Å². The van der Waals surface area contributed by atoms with Crippen LogP contribution in [0.5, 0.6) is 0 Å². The van der Waals surface area contributed by atoms with Crippen molar-refractivity contribution >= 4 is 22.5 Å². The second-order valence-electron chi connectivity index (χ2n) is 6.69. The molecule has 1 aliphatic rings. The van der Waals surface area contributed by atoms with E-state index in [2.05, 4.69) is 4.98 Å². The molecule has 0 amide bonds. The first-order valence-corrected chi connectivity index (χ1v) is 8.41. The Labute approximate surface area is 156 Å². The number of Topliss-reactive ketones (excluding diaryl/α,β-unsaturated/α-hetero) is 1. The number of nitrogens with zero attached hydrogens (tertiary/aromatic N) is 1. The number of aromatic carboxylic acids is 1. The number of ketones is 1. The quantitative estimate of drug-likeness (QED) is 0.716. The fraction of sp³-hybridized carbons (Fsp3) is 0.227. The zero-order chi connectivity index (χ0) is 18.3. The van der Waals surface area contributed by atoms with Crippen LogP contribution in [0.1, 0.15) is 41.3 Å². The fourth-order valence-electron chi connectivity index (χ4n) is 3.43. The molecule has 0 radical (unpaired) electrons. The van der Waals surface area contributed by atoms with Gasteiger partial charge < -0.3 is 5.11 Å². The minimum Gasteiger partial charge on any atom is -0.478 e. The van der Waals surface area contributed by atoms with E-state index in [-0.39, 0.29) is 30.6 Å². The van der Waals surface area contributed by atoms with Gasteiger partial charge in [0, 0.05) is 30.1 Å². The van der Waals surface area contributed by atoms with Crippen molar-refractivity contribution in [3.63, 3.8) is 0 Å². The third-order valence-electron chi connectivity index (χ3n) is 4.94. The van der Waals surface area contributed by atoms with Crippen molar-refractivity contribution in [3.8, 4) is 0 Å². The third kappa shape index (κ3) is 3.72. The van der Waals surface area contributed by atoms with Crippen molar-refractivity contribution in [2.45, 2.75) is 26.2 Å². The van der Waals surface area contributed by atoms with Crippen LogP contribution in [-0.2, 0) is 11.2 Å². The Hall–Kier alpha value is -3.08. The molecule has 2 aromatic carbocycles. The summed E-state index contributed by atoms with van der Waals surface area (Å²) in [4.78, 5) is 27.5. The van der Waals surface area contributed by atoms with E-state index in [1.165, 1.54) is 12.1 Å². The number of hydrogen-bond acceptors (Lipinski definition) is 3. The SMILES string of the molecule is C.O=C(O)c1ccc([C@@H]2C[C@H]2C(=O)Cc2ccc3cnccc3c2)cc1F. The van der Waals surface area contributed by atoms with Crippen LogP contribution in [0.15, 0.2) is 54.9 Å². The molecule has 0 aliphatic heterocycles. The molecular weight excluding hydrogens is 345 g/mol. The Morgan fingerprint density at radius 3 is 2.67 bits per heavy atom. The zero-order valence-corrected chi connectivity index (χ0v) is 13.9. The van der Waals surface area contributed by atoms with Crippen molar-refractivity contribution in [2.24, 2.45) is 5.92 Å². The number of carbonyl (C=O) groups is 2. The van der Waals surface area contributed by atoms with Crippen LogP contribution >= 0.6 is 0 Å². The van der Waals surface area contributed by atoms with E-state index in [9.17, 15) is 14.0 Å². The fourth-order valence-corrected chi connectivity index (χ4v) is 3.43. The summed E-state index contributed by atoms with van der Waals surface area (Å²) in [5.74, 6) is -2.06. The highest BCUT2D eigenvalue weighted by Gasteiger charge is 2.43. The van der Waals surface area contributed by atoms with Gasteiger partial charge in [-0.25, -0.2) is 9.18 Å². The molecule has 1 saturated carbocycles. The number of carbonyl (C=O) groups excluding carboxylic acids is 1. The Morgan fingerprint density at radius 1 is 1.11 bits per heavy atom. The number of benzene rings is 2. The first-order valence-electron chi connectivity index (χ1n) is 8.41. The largest absolute Gasteiger partial charge is 0.478 e. The Morgan fingerprint density at radius 2 is 1.93 bits per heavy atom. The van der Waals surface area contributed by atoms with Gasteiger partial charge in [-0.2, -0.15) is 0 Å². The number of hydrogen-bond donors (Lipinski definition) is 1. The van der Waals surface area contributed by atoms with E-state index >= 15 is 0 Å². The molecular formula is C22H20FNO3. The topological polar surface area (TPSA) is 67.3 Å². The van der Waals surface area contributed by atoms with Crippen LogP contribution in [0.3, 0.4) is 0 Å². The normalized spacial score (nSPS) is 18.0. The maximum absolute atomic E-state index is 13.8. The minimum absolute atomic E-state index is 0. The van der Waals surface area contributed by atoms with Crippen LogP contribution < -0.4 is 0 Å². The number of halogens is 1. The van der Waals surface area contributed by atoms with E-state index in [1.54, 1.807) is 18.5 Å². The molecule has 0 spiro atoms. The molecule has 0 unspecified atom stereocenters. The predicted octanol–water partition coefficient (Wildman–Crippen LogP) is 4.62. The standard InChI is InChI=1S/C21H16FNO3.CH4/c22-19-9-14(3-4-16(19)21(25)26)17-10-18(17)20(24)8-12-1-2-15-11-23-6-5-13(15)7-12;/h1-7,9,11,17-18H,8,10H2,(H,25,26);1H4/t17-,18+;/m0./s1. The van der Waals surface area contributed by atoms with Crippen LogP contribution in [0.2, 0.25) is 0 Å². The molecule has 5 heteroatoms. The number of carboxylic acid groups (broad SMARTS) is 1. The van der Waals surface area contributed by atoms with Gasteiger partial charge in [0.15, 0.2) is 0 Å². The van der Waals surface area contributed by atoms with Crippen molar-refractivity contribution in [1.29, 1.82) is 0 Å². The predicted molar refractivity (Wildman–Crippen MR) is 101 cm³/mol. The highest BCUT2D eigenvalue weighted by atomic mass is 19.1. The van der Waals surface area contributed by atoms with Crippen LogP contribution in [0.4, 0.5) is 4.39 Å². The molecule has 1 fully saturated rings. The number of aromatic nitrogens is 1. The van der Waals surface area contributed by atoms with Crippen LogP contribution in [-0.4, -0.2) is 21.8 Å². The average Bonchev–Trinajstić information content (AvgIpc) is 3.42. The van der Waals surface area contributed by atoms with Gasteiger partial charge in [-0.15, -0.1) is 0 Å². The monoisotopic (exact) mass is 365 g/mol. The first kappa shape index (κ1) is 18.7. The lowest BCUT2D eigenvalue weighted by molar-refractivity contribution is -0.119. The van der Waals surface area contributed by atoms with Gasteiger partial charge in [0.05, 0.1) is 5.56 Å². The van der Waals surface area contributed by atoms with E-state index in [4.69, 9.17) is 5.11 Å². The van der Waals surface area contributed by atoms with Crippen molar-refractivity contribution in [1.82, 2.24) is 4.98 Å². The van der Waals surface area contributed by atoms with Crippen LogP contribution in [0, 0.1) is 11.7 Å². The highest BCUT2D eigenvalue weighted by Crippen LogP contribution is 2.48. The van der Waals surface area contributed by atoms with Crippen LogP contribution in [0.25, 0.3) is 10.8 Å². The summed E-state index contributed by atoms with van der Waals surface area (Å²) < 4.78 is 13.8. The Balaban J connectivity index is 0.00000210. The van der Waals surface area contributed by atoms with E-state index in [1.807, 2.05) is 24.3 Å². The Bertz CT molecular complexity index is 1030. The smallest absolute Gasteiger partial charge is 0.338 e. The molecule has 138 valence electrons. The minimum atomic E-state index is -1.29. The molecule has 1 N–H and O–H groups in total. The van der Waals surface area contributed by atoms with Crippen molar-refractivity contribution < 1.29 is 19.1 Å². The number of pyridine rings is 1. The first-order chi connectivity index (χ1) is 12.5. The molecule has 1 aliphatic carbocycles. The zero-order valence-electron chi connectivity index (χ0n) is 13.9. The second-order valence-corrected chi connectivity index (χ2v) is 6.69. The van der Waals surface area contributed by atoms with Crippen molar-refractivity contribution in [2.75, 3.05) is 0 Å². The van der Waals surface area contributed by atoms with Gasteiger partial charge >= 0.3 is 5.97 Å². The maximum Gasteiger partial charge on any atom is 0.338 e. The molecule has 1 aromatic heterocycles. The van der Waals surface area contributed by atoms with Gasteiger partial charge in [-0.05, 0) is 47.1 Å². The molecule has 4 rings (SSSR count). The van der Waals surface area contributed by atoms with E-state index in [0.29, 0.717) is 18.4 Å². The molecule has 0 saturated heterocycles. The summed E-state index contributed by atoms with van der Waals surface area (Å²) in [5, 5.41) is 11.0. The summed E-state index contributed by atoms with van der Waals surface area (Å²) >= 11 is 0. The summed E-state index contributed by atoms with van der Waals surface area (Å²) in [6, 6.07) is 11.9. The second kappa shape index (κ2) is 7.27. The molecule has 27 heavy (non-hydrogen) atoms.